The molecule has 10 atom stereocenters. The van der Waals surface area contributed by atoms with Crippen LogP contribution in [0.2, 0.25) is 0 Å². The Morgan fingerprint density at radius 2 is 1.58 bits per heavy atom. The summed E-state index contributed by atoms with van der Waals surface area (Å²) in [6, 6.07) is 0. The second kappa shape index (κ2) is 7.49. The van der Waals surface area contributed by atoms with Crippen molar-refractivity contribution in [1.82, 2.24) is 0 Å². The Hall–Kier alpha value is -0.0400. The van der Waals surface area contributed by atoms with E-state index in [0.29, 0.717) is 33.2 Å². The van der Waals surface area contributed by atoms with Gasteiger partial charge < -0.3 is 4.74 Å². The lowest BCUT2D eigenvalue weighted by Gasteiger charge is -2.62. The fourth-order valence-electron chi connectivity index (χ4n) is 13.2. The summed E-state index contributed by atoms with van der Waals surface area (Å²) in [7, 11) is 2.05. The van der Waals surface area contributed by atoms with Crippen LogP contribution < -0.4 is 0 Å². The molecule has 5 aliphatic rings. The molecular weight excluding hydrogens is 400 g/mol. The highest BCUT2D eigenvalue weighted by atomic mass is 16.5. The molecule has 5 aliphatic carbocycles. The smallest absolute Gasteiger partial charge is 0.0644 e. The Labute approximate surface area is 206 Å². The summed E-state index contributed by atoms with van der Waals surface area (Å²) in [5.74, 6) is 6.28. The largest absolute Gasteiger partial charge is 0.381 e. The summed E-state index contributed by atoms with van der Waals surface area (Å²) in [5.41, 5.74) is 2.32. The van der Waals surface area contributed by atoms with Gasteiger partial charge in [0.25, 0.3) is 0 Å². The van der Waals surface area contributed by atoms with Gasteiger partial charge in [0.2, 0.25) is 0 Å². The lowest BCUT2D eigenvalue weighted by Crippen LogP contribution is -2.58. The summed E-state index contributed by atoms with van der Waals surface area (Å²) in [6.45, 7) is 23.2. The van der Waals surface area contributed by atoms with Gasteiger partial charge in [0.1, 0.15) is 0 Å². The monoisotopic (exact) mass is 456 g/mol. The molecule has 5 saturated carbocycles. The molecule has 0 amide bonds. The maximum absolute atomic E-state index is 6.52. The van der Waals surface area contributed by atoms with E-state index in [1.165, 1.54) is 57.8 Å². The van der Waals surface area contributed by atoms with Gasteiger partial charge in [0, 0.05) is 12.5 Å². The molecular formula is C32H56O. The number of hydrogen-bond acceptors (Lipinski definition) is 1. The molecule has 190 valence electrons. The van der Waals surface area contributed by atoms with Crippen molar-refractivity contribution in [2.45, 2.75) is 126 Å². The number of rotatable bonds is 6. The molecule has 0 aromatic carbocycles. The molecule has 0 unspecified atom stereocenters. The van der Waals surface area contributed by atoms with E-state index in [9.17, 15) is 0 Å². The zero-order chi connectivity index (χ0) is 24.2. The fraction of sp³-hybridized carbons (Fsp3) is 1.00. The second-order valence-electron chi connectivity index (χ2n) is 16.0. The number of fused-ring (bicyclic) bond motifs is 4. The van der Waals surface area contributed by atoms with E-state index >= 15 is 0 Å². The molecule has 5 fully saturated rings. The van der Waals surface area contributed by atoms with E-state index in [2.05, 4.69) is 62.3 Å². The van der Waals surface area contributed by atoms with Crippen LogP contribution in [0.5, 0.6) is 0 Å². The molecule has 1 spiro atoms. The highest BCUT2D eigenvalue weighted by molar-refractivity contribution is 5.37. The molecule has 33 heavy (non-hydrogen) atoms. The van der Waals surface area contributed by atoms with Crippen molar-refractivity contribution >= 4 is 0 Å². The summed E-state index contributed by atoms with van der Waals surface area (Å²) in [5, 5.41) is 0. The summed E-state index contributed by atoms with van der Waals surface area (Å²) >= 11 is 0. The van der Waals surface area contributed by atoms with Crippen LogP contribution in [0, 0.1) is 68.5 Å². The van der Waals surface area contributed by atoms with Gasteiger partial charge in [-0.1, -0.05) is 81.6 Å². The molecule has 5 rings (SSSR count). The minimum Gasteiger partial charge on any atom is -0.381 e. The normalized spacial score (nSPS) is 52.1. The molecule has 0 radical (unpaired) electrons. The van der Waals surface area contributed by atoms with Crippen molar-refractivity contribution in [3.8, 4) is 0 Å². The Morgan fingerprint density at radius 3 is 2.18 bits per heavy atom. The van der Waals surface area contributed by atoms with E-state index in [-0.39, 0.29) is 0 Å². The van der Waals surface area contributed by atoms with E-state index < -0.39 is 0 Å². The average Bonchev–Trinajstić information content (AvgIpc) is 2.95. The third-order valence-corrected chi connectivity index (χ3v) is 13.4. The molecule has 1 nitrogen and oxygen atoms in total. The van der Waals surface area contributed by atoms with Crippen LogP contribution in [0.1, 0.15) is 120 Å². The quantitative estimate of drug-likeness (QED) is 0.387. The van der Waals surface area contributed by atoms with E-state index in [0.717, 1.165) is 41.4 Å². The molecule has 0 heterocycles. The van der Waals surface area contributed by atoms with Gasteiger partial charge in [-0.05, 0) is 102 Å². The van der Waals surface area contributed by atoms with Crippen molar-refractivity contribution in [2.24, 2.45) is 68.5 Å². The van der Waals surface area contributed by atoms with Gasteiger partial charge in [-0.3, -0.25) is 0 Å². The molecule has 0 bridgehead atoms. The Balaban J connectivity index is 1.42. The topological polar surface area (TPSA) is 9.23 Å². The Kier molecular flexibility index (Phi) is 5.59. The van der Waals surface area contributed by atoms with E-state index in [4.69, 9.17) is 4.74 Å². The van der Waals surface area contributed by atoms with Gasteiger partial charge in [-0.15, -0.1) is 0 Å². The first-order valence-corrected chi connectivity index (χ1v) is 14.8. The summed E-state index contributed by atoms with van der Waals surface area (Å²) in [4.78, 5) is 0. The number of hydrogen-bond donors (Lipinski definition) is 0. The molecule has 0 aromatic rings. The molecule has 0 N–H and O–H groups in total. The SMILES string of the molecule is CO[C@@H]1C[C@@H]2[C@@H]3CC[C@H]([C@H](C)CCCC(C)C)[C@]3(C)CC[C@@H]2[C@]2(C)CC(C)(C)[C@@H]3C(C)(C)[C@@]312. The number of ether oxygens (including phenoxy) is 1. The Morgan fingerprint density at radius 1 is 0.879 bits per heavy atom. The first-order valence-electron chi connectivity index (χ1n) is 14.8. The van der Waals surface area contributed by atoms with Crippen LogP contribution in [0.3, 0.4) is 0 Å². The zero-order valence-electron chi connectivity index (χ0n) is 23.9. The highest BCUT2D eigenvalue weighted by Crippen LogP contribution is 2.92. The predicted molar refractivity (Wildman–Crippen MR) is 140 cm³/mol. The van der Waals surface area contributed by atoms with Crippen LogP contribution in [0.4, 0.5) is 0 Å². The predicted octanol–water partition coefficient (Wildman–Crippen LogP) is 9.00. The van der Waals surface area contributed by atoms with Crippen LogP contribution in [-0.2, 0) is 4.74 Å². The van der Waals surface area contributed by atoms with Crippen LogP contribution in [0.15, 0.2) is 0 Å². The maximum atomic E-state index is 6.52. The first kappa shape index (κ1) is 24.6. The van der Waals surface area contributed by atoms with Crippen LogP contribution in [0.25, 0.3) is 0 Å². The second-order valence-corrected chi connectivity index (χ2v) is 16.0. The third kappa shape index (κ3) is 2.93. The first-order chi connectivity index (χ1) is 15.3. The standard InChI is InChI=1S/C32H56O/c1-20(2)12-11-13-21(3)23-14-15-24-22-18-26(33-10)32-27(29(32,6)7)28(4,5)19-31(32,9)25(22)16-17-30(23,24)8/h20-27H,11-19H2,1-10H3/t21-,22-,23-,24+,25+,26-,27-,30+,31+,32+/m1/s1. The van der Waals surface area contributed by atoms with Gasteiger partial charge in [-0.2, -0.15) is 0 Å². The van der Waals surface area contributed by atoms with Crippen molar-refractivity contribution < 1.29 is 4.74 Å². The molecule has 0 aliphatic heterocycles. The minimum absolute atomic E-state index is 0.412. The molecule has 1 heteroatoms. The summed E-state index contributed by atoms with van der Waals surface area (Å²) < 4.78 is 6.52. The van der Waals surface area contributed by atoms with Crippen molar-refractivity contribution in [3.05, 3.63) is 0 Å². The minimum atomic E-state index is 0.412. The van der Waals surface area contributed by atoms with Gasteiger partial charge in [0.15, 0.2) is 0 Å². The van der Waals surface area contributed by atoms with Crippen molar-refractivity contribution in [1.29, 1.82) is 0 Å². The fourth-order valence-corrected chi connectivity index (χ4v) is 13.2. The lowest BCUT2D eigenvalue weighted by atomic mass is 9.44. The molecule has 0 saturated heterocycles. The summed E-state index contributed by atoms with van der Waals surface area (Å²) in [6.07, 6.45) is 13.5. The Bertz CT molecular complexity index is 764. The van der Waals surface area contributed by atoms with E-state index in [1.807, 2.05) is 7.11 Å². The van der Waals surface area contributed by atoms with Gasteiger partial charge in [-0.25, -0.2) is 0 Å². The molecule has 0 aromatic heterocycles. The van der Waals surface area contributed by atoms with Crippen LogP contribution in [-0.4, -0.2) is 13.2 Å². The maximum Gasteiger partial charge on any atom is 0.0644 e. The zero-order valence-corrected chi connectivity index (χ0v) is 23.9. The van der Waals surface area contributed by atoms with E-state index in [1.54, 1.807) is 0 Å². The third-order valence-electron chi connectivity index (χ3n) is 13.4. The van der Waals surface area contributed by atoms with Gasteiger partial charge in [0.05, 0.1) is 6.10 Å². The van der Waals surface area contributed by atoms with Crippen molar-refractivity contribution in [2.75, 3.05) is 7.11 Å². The van der Waals surface area contributed by atoms with Gasteiger partial charge >= 0.3 is 0 Å². The number of methoxy groups -OCH3 is 1. The lowest BCUT2D eigenvalue weighted by molar-refractivity contribution is -0.174. The van der Waals surface area contributed by atoms with Crippen LogP contribution >= 0.6 is 0 Å². The average molecular weight is 457 g/mol. The van der Waals surface area contributed by atoms with Crippen molar-refractivity contribution in [3.63, 3.8) is 0 Å². The highest BCUT2D eigenvalue weighted by Gasteiger charge is 2.90.